The number of rotatable bonds is 6. The monoisotopic (exact) mass is 437 g/mol. The molecule has 6 nitrogen and oxygen atoms in total. The van der Waals surface area contributed by atoms with Crippen molar-refractivity contribution >= 4 is 35.1 Å². The molecule has 4 aromatic carbocycles. The lowest BCUT2D eigenvalue weighted by atomic mass is 10.1. The molecule has 0 saturated heterocycles. The molecule has 0 aliphatic rings. The molecule has 0 heterocycles. The first kappa shape index (κ1) is 21.7. The zero-order valence-electron chi connectivity index (χ0n) is 17.7. The summed E-state index contributed by atoms with van der Waals surface area (Å²) in [5.41, 5.74) is 4.65. The van der Waals surface area contributed by atoms with Gasteiger partial charge in [-0.05, 0) is 83.9 Å². The van der Waals surface area contributed by atoms with Crippen molar-refractivity contribution in [2.45, 2.75) is 0 Å². The Morgan fingerprint density at radius 1 is 0.667 bits per heavy atom. The highest BCUT2D eigenvalue weighted by molar-refractivity contribution is 6.04. The molecule has 0 radical (unpaired) electrons. The van der Waals surface area contributed by atoms with Crippen LogP contribution in [0.15, 0.2) is 97.1 Å². The maximum atomic E-state index is 12.4. The van der Waals surface area contributed by atoms with Gasteiger partial charge >= 0.3 is 0 Å². The molecule has 0 bridgehead atoms. The van der Waals surface area contributed by atoms with Crippen molar-refractivity contribution in [2.24, 2.45) is 5.84 Å². The normalized spacial score (nSPS) is 10.8. The number of carbonyl (C=O) groups excluding carboxylic acids is 1. The number of nitrogens with zero attached hydrogens (tertiary/aromatic N) is 1. The van der Waals surface area contributed by atoms with Gasteiger partial charge in [-0.25, -0.2) is 5.84 Å². The van der Waals surface area contributed by atoms with Crippen molar-refractivity contribution < 1.29 is 15.0 Å². The quantitative estimate of drug-likeness (QED) is 0.138. The number of nitrogens with two attached hydrogens (primary N) is 1. The Kier molecular flexibility index (Phi) is 6.38. The lowest BCUT2D eigenvalue weighted by Gasteiger charge is -2.19. The predicted molar refractivity (Wildman–Crippen MR) is 132 cm³/mol. The maximum absolute atomic E-state index is 12.4. The van der Waals surface area contributed by atoms with Crippen LogP contribution < -0.4 is 16.2 Å². The topological polar surface area (TPSA) is 98.8 Å². The van der Waals surface area contributed by atoms with Gasteiger partial charge in [-0.3, -0.25) is 9.80 Å². The highest BCUT2D eigenvalue weighted by Gasteiger charge is 2.09. The molecule has 0 atom stereocenters. The van der Waals surface area contributed by atoms with Crippen LogP contribution in [-0.4, -0.2) is 16.1 Å². The van der Waals surface area contributed by atoms with E-state index in [1.165, 1.54) is 12.1 Å². The second-order valence-electron chi connectivity index (χ2n) is 7.43. The van der Waals surface area contributed by atoms with Crippen LogP contribution in [0, 0.1) is 0 Å². The number of phenols is 2. The van der Waals surface area contributed by atoms with Crippen molar-refractivity contribution in [2.75, 3.05) is 10.3 Å². The number of benzene rings is 4. The Bertz CT molecular complexity index is 1250. The summed E-state index contributed by atoms with van der Waals surface area (Å²) < 4.78 is 0. The molecule has 0 aliphatic carbocycles. The van der Waals surface area contributed by atoms with Crippen molar-refractivity contribution in [3.8, 4) is 11.5 Å². The third kappa shape index (κ3) is 5.58. The van der Waals surface area contributed by atoms with E-state index >= 15 is 0 Å². The maximum Gasteiger partial charge on any atom is 0.255 e. The van der Waals surface area contributed by atoms with Crippen LogP contribution in [0.25, 0.3) is 12.2 Å². The summed E-state index contributed by atoms with van der Waals surface area (Å²) in [5.74, 6) is 6.41. The van der Waals surface area contributed by atoms with Crippen LogP contribution >= 0.6 is 0 Å². The molecule has 0 spiro atoms. The van der Waals surface area contributed by atoms with E-state index in [1.807, 2.05) is 48.6 Å². The molecular formula is C27H23N3O3. The molecule has 6 heteroatoms. The van der Waals surface area contributed by atoms with Gasteiger partial charge in [-0.2, -0.15) is 0 Å². The van der Waals surface area contributed by atoms with Crippen LogP contribution in [0.3, 0.4) is 0 Å². The molecule has 0 unspecified atom stereocenters. The van der Waals surface area contributed by atoms with Crippen molar-refractivity contribution in [1.82, 2.24) is 0 Å². The third-order valence-electron chi connectivity index (χ3n) is 5.07. The SMILES string of the molecule is NN(c1ccc(C=Cc2ccc(O)cc2)cc1)c1ccc(C(=O)Nc2ccc(O)cc2)cc1. The van der Waals surface area contributed by atoms with Crippen LogP contribution in [0.1, 0.15) is 21.5 Å². The second-order valence-corrected chi connectivity index (χ2v) is 7.43. The molecule has 0 saturated carbocycles. The predicted octanol–water partition coefficient (Wildman–Crippen LogP) is 5.53. The van der Waals surface area contributed by atoms with Gasteiger partial charge in [0.2, 0.25) is 0 Å². The number of hydrogen-bond donors (Lipinski definition) is 4. The van der Waals surface area contributed by atoms with E-state index in [0.717, 1.165) is 22.5 Å². The minimum atomic E-state index is -0.249. The summed E-state index contributed by atoms with van der Waals surface area (Å²) in [5, 5.41) is 23.0. The number of aromatic hydroxyl groups is 2. The van der Waals surface area contributed by atoms with Gasteiger partial charge in [-0.1, -0.05) is 36.4 Å². The van der Waals surface area contributed by atoms with Crippen LogP contribution in [0.2, 0.25) is 0 Å². The van der Waals surface area contributed by atoms with Gasteiger partial charge in [0.1, 0.15) is 11.5 Å². The minimum Gasteiger partial charge on any atom is -0.508 e. The van der Waals surface area contributed by atoms with Gasteiger partial charge in [0.15, 0.2) is 0 Å². The Morgan fingerprint density at radius 2 is 1.09 bits per heavy atom. The van der Waals surface area contributed by atoms with Crippen molar-refractivity contribution in [3.05, 3.63) is 114 Å². The standard InChI is InChI=1S/C27H23N3O3/c28-30(23-11-3-19(4-12-23)1-2-20-5-15-25(31)16-6-20)24-13-7-21(8-14-24)27(33)29-22-9-17-26(32)18-10-22/h1-18,31-32H,28H2,(H,29,33). The molecular weight excluding hydrogens is 414 g/mol. The molecule has 0 fully saturated rings. The lowest BCUT2D eigenvalue weighted by Crippen LogP contribution is -2.24. The zero-order valence-corrected chi connectivity index (χ0v) is 17.7. The molecule has 164 valence electrons. The summed E-state index contributed by atoms with van der Waals surface area (Å²) in [6, 6.07) is 28.0. The Balaban J connectivity index is 1.40. The molecule has 1 amide bonds. The average molecular weight is 437 g/mol. The largest absolute Gasteiger partial charge is 0.508 e. The first-order chi connectivity index (χ1) is 16.0. The first-order valence-electron chi connectivity index (χ1n) is 10.3. The van der Waals surface area contributed by atoms with Gasteiger partial charge in [0.25, 0.3) is 5.91 Å². The molecule has 33 heavy (non-hydrogen) atoms. The van der Waals surface area contributed by atoms with Crippen LogP contribution in [0.4, 0.5) is 17.1 Å². The highest BCUT2D eigenvalue weighted by atomic mass is 16.3. The number of carbonyl (C=O) groups is 1. The molecule has 0 aromatic heterocycles. The van der Waals surface area contributed by atoms with Gasteiger partial charge in [0, 0.05) is 11.3 Å². The third-order valence-corrected chi connectivity index (χ3v) is 5.07. The van der Waals surface area contributed by atoms with Gasteiger partial charge < -0.3 is 15.5 Å². The number of anilines is 3. The molecule has 4 rings (SSSR count). The minimum absolute atomic E-state index is 0.141. The van der Waals surface area contributed by atoms with Gasteiger partial charge in [0.05, 0.1) is 11.4 Å². The van der Waals surface area contributed by atoms with E-state index in [1.54, 1.807) is 53.5 Å². The summed E-state index contributed by atoms with van der Waals surface area (Å²) in [6.07, 6.45) is 3.95. The van der Waals surface area contributed by atoms with E-state index in [9.17, 15) is 15.0 Å². The van der Waals surface area contributed by atoms with E-state index in [4.69, 9.17) is 5.84 Å². The lowest BCUT2D eigenvalue weighted by molar-refractivity contribution is 0.102. The molecule has 5 N–H and O–H groups in total. The Morgan fingerprint density at radius 3 is 1.61 bits per heavy atom. The fourth-order valence-corrected chi connectivity index (χ4v) is 3.19. The van der Waals surface area contributed by atoms with Crippen LogP contribution in [-0.2, 0) is 0 Å². The number of nitrogens with one attached hydrogen (secondary N) is 1. The number of phenolic OH excluding ortho intramolecular Hbond substituents is 2. The summed E-state index contributed by atoms with van der Waals surface area (Å²) >= 11 is 0. The van der Waals surface area contributed by atoms with E-state index in [-0.39, 0.29) is 17.4 Å². The molecule has 4 aromatic rings. The average Bonchev–Trinajstić information content (AvgIpc) is 2.85. The highest BCUT2D eigenvalue weighted by Crippen LogP contribution is 2.24. The Hall–Kier alpha value is -4.55. The first-order valence-corrected chi connectivity index (χ1v) is 10.3. The fraction of sp³-hybridized carbons (Fsp3) is 0. The van der Waals surface area contributed by atoms with Crippen LogP contribution in [0.5, 0.6) is 11.5 Å². The van der Waals surface area contributed by atoms with E-state index < -0.39 is 0 Å². The summed E-state index contributed by atoms with van der Waals surface area (Å²) in [7, 11) is 0. The summed E-state index contributed by atoms with van der Waals surface area (Å²) in [4.78, 5) is 12.4. The second kappa shape index (κ2) is 9.72. The van der Waals surface area contributed by atoms with Crippen molar-refractivity contribution in [3.63, 3.8) is 0 Å². The Labute approximate surface area is 191 Å². The zero-order chi connectivity index (χ0) is 23.2. The fourth-order valence-electron chi connectivity index (χ4n) is 3.19. The number of amides is 1. The smallest absolute Gasteiger partial charge is 0.255 e. The van der Waals surface area contributed by atoms with E-state index in [0.29, 0.717) is 11.3 Å². The molecule has 0 aliphatic heterocycles. The number of hydrogen-bond acceptors (Lipinski definition) is 5. The van der Waals surface area contributed by atoms with E-state index in [2.05, 4.69) is 5.32 Å². The number of hydrazine groups is 1. The van der Waals surface area contributed by atoms with Crippen molar-refractivity contribution in [1.29, 1.82) is 0 Å². The van der Waals surface area contributed by atoms with Gasteiger partial charge in [-0.15, -0.1) is 0 Å². The summed E-state index contributed by atoms with van der Waals surface area (Å²) in [6.45, 7) is 0.